The van der Waals surface area contributed by atoms with E-state index in [-0.39, 0.29) is 6.10 Å². The Bertz CT molecular complexity index is 387. The number of anilines is 2. The molecule has 1 fully saturated rings. The van der Waals surface area contributed by atoms with Crippen molar-refractivity contribution >= 4 is 11.6 Å². The second kappa shape index (κ2) is 7.25. The number of hydrogen-bond acceptors (Lipinski definition) is 6. The van der Waals surface area contributed by atoms with Gasteiger partial charge in [0.15, 0.2) is 0 Å². The first-order chi connectivity index (χ1) is 9.28. The number of hydrogen-bond donors (Lipinski definition) is 2. The molecule has 1 aromatic heterocycles. The molecule has 0 radical (unpaired) electrons. The predicted octanol–water partition coefficient (Wildman–Crippen LogP) is 1.04. The fourth-order valence-corrected chi connectivity index (χ4v) is 2.01. The van der Waals surface area contributed by atoms with Crippen molar-refractivity contribution in [3.05, 3.63) is 12.4 Å². The lowest BCUT2D eigenvalue weighted by atomic mass is 10.3. The molecule has 2 rings (SSSR count). The van der Waals surface area contributed by atoms with Gasteiger partial charge in [-0.3, -0.25) is 0 Å². The summed E-state index contributed by atoms with van der Waals surface area (Å²) in [4.78, 5) is 10.7. The van der Waals surface area contributed by atoms with Crippen LogP contribution in [0.1, 0.15) is 13.3 Å². The van der Waals surface area contributed by atoms with E-state index in [1.54, 1.807) is 6.33 Å². The zero-order valence-corrected chi connectivity index (χ0v) is 11.7. The largest absolute Gasteiger partial charge is 0.374 e. The molecular formula is C13H23N5O. The van der Waals surface area contributed by atoms with Crippen LogP contribution in [0.2, 0.25) is 0 Å². The monoisotopic (exact) mass is 265 g/mol. The van der Waals surface area contributed by atoms with Gasteiger partial charge in [-0.25, -0.2) is 9.97 Å². The van der Waals surface area contributed by atoms with Crippen LogP contribution in [-0.2, 0) is 4.74 Å². The molecule has 1 aliphatic rings. The van der Waals surface area contributed by atoms with E-state index in [0.717, 1.165) is 50.8 Å². The lowest BCUT2D eigenvalue weighted by Crippen LogP contribution is -2.43. The molecule has 0 aromatic carbocycles. The fraction of sp³-hybridized carbons (Fsp3) is 0.692. The van der Waals surface area contributed by atoms with Gasteiger partial charge in [0.2, 0.25) is 0 Å². The molecule has 0 saturated carbocycles. The third-order valence-corrected chi connectivity index (χ3v) is 3.08. The molecule has 1 saturated heterocycles. The second-order valence-corrected chi connectivity index (χ2v) is 4.85. The number of ether oxygens (including phenoxy) is 1. The van der Waals surface area contributed by atoms with Crippen molar-refractivity contribution in [1.29, 1.82) is 0 Å². The number of morpholine rings is 1. The minimum absolute atomic E-state index is 0.223. The summed E-state index contributed by atoms with van der Waals surface area (Å²) in [7, 11) is 2.12. The van der Waals surface area contributed by atoms with Crippen LogP contribution in [0.5, 0.6) is 0 Å². The SMILES string of the molecule is CCCNc1cc(NCC2CN(C)CCO2)ncn1. The van der Waals surface area contributed by atoms with Gasteiger partial charge < -0.3 is 20.3 Å². The molecule has 1 unspecified atom stereocenters. The number of rotatable bonds is 6. The Morgan fingerprint density at radius 2 is 2.16 bits per heavy atom. The Balaban J connectivity index is 1.81. The normalized spacial score (nSPS) is 20.2. The second-order valence-electron chi connectivity index (χ2n) is 4.85. The highest BCUT2D eigenvalue weighted by Crippen LogP contribution is 2.10. The average molecular weight is 265 g/mol. The molecule has 1 aliphatic heterocycles. The molecule has 0 amide bonds. The van der Waals surface area contributed by atoms with Crippen molar-refractivity contribution in [3.8, 4) is 0 Å². The molecule has 1 atom stereocenters. The standard InChI is InChI=1S/C13H23N5O/c1-3-4-14-12-7-13(17-10-16-12)15-8-11-9-18(2)5-6-19-11/h7,10-11H,3-6,8-9H2,1-2H3,(H2,14,15,16,17). The lowest BCUT2D eigenvalue weighted by molar-refractivity contribution is -0.0117. The average Bonchev–Trinajstić information content (AvgIpc) is 2.43. The maximum Gasteiger partial charge on any atom is 0.131 e. The van der Waals surface area contributed by atoms with Crippen molar-refractivity contribution in [2.75, 3.05) is 50.5 Å². The molecule has 0 spiro atoms. The number of likely N-dealkylation sites (N-methyl/N-ethyl adjacent to an activating group) is 1. The van der Waals surface area contributed by atoms with Crippen LogP contribution >= 0.6 is 0 Å². The first-order valence-electron chi connectivity index (χ1n) is 6.88. The minimum Gasteiger partial charge on any atom is -0.374 e. The maximum absolute atomic E-state index is 5.70. The fourth-order valence-electron chi connectivity index (χ4n) is 2.01. The Morgan fingerprint density at radius 1 is 1.37 bits per heavy atom. The molecule has 0 bridgehead atoms. The zero-order chi connectivity index (χ0) is 13.5. The van der Waals surface area contributed by atoms with Gasteiger partial charge in [-0.1, -0.05) is 6.92 Å². The van der Waals surface area contributed by atoms with Crippen molar-refractivity contribution in [3.63, 3.8) is 0 Å². The van der Waals surface area contributed by atoms with Crippen LogP contribution in [0.15, 0.2) is 12.4 Å². The third kappa shape index (κ3) is 4.65. The van der Waals surface area contributed by atoms with E-state index in [1.165, 1.54) is 0 Å². The molecular weight excluding hydrogens is 242 g/mol. The summed E-state index contributed by atoms with van der Waals surface area (Å²) in [5.41, 5.74) is 0. The summed E-state index contributed by atoms with van der Waals surface area (Å²) >= 11 is 0. The summed E-state index contributed by atoms with van der Waals surface area (Å²) < 4.78 is 5.70. The Morgan fingerprint density at radius 3 is 2.89 bits per heavy atom. The summed E-state index contributed by atoms with van der Waals surface area (Å²) in [6, 6.07) is 1.93. The Kier molecular flexibility index (Phi) is 5.35. The maximum atomic E-state index is 5.70. The van der Waals surface area contributed by atoms with Crippen LogP contribution in [0.3, 0.4) is 0 Å². The zero-order valence-electron chi connectivity index (χ0n) is 11.7. The first-order valence-corrected chi connectivity index (χ1v) is 6.88. The van der Waals surface area contributed by atoms with Gasteiger partial charge >= 0.3 is 0 Å². The molecule has 6 nitrogen and oxygen atoms in total. The van der Waals surface area contributed by atoms with Crippen LogP contribution in [0.4, 0.5) is 11.6 Å². The molecule has 2 heterocycles. The molecule has 6 heteroatoms. The summed E-state index contributed by atoms with van der Waals surface area (Å²) in [5, 5.41) is 6.56. The lowest BCUT2D eigenvalue weighted by Gasteiger charge is -2.30. The number of nitrogens with one attached hydrogen (secondary N) is 2. The van der Waals surface area contributed by atoms with Gasteiger partial charge in [0.25, 0.3) is 0 Å². The Hall–Kier alpha value is -1.40. The minimum atomic E-state index is 0.223. The highest BCUT2D eigenvalue weighted by molar-refractivity contribution is 5.46. The van der Waals surface area contributed by atoms with Gasteiger partial charge in [0.1, 0.15) is 18.0 Å². The van der Waals surface area contributed by atoms with E-state index < -0.39 is 0 Å². The van der Waals surface area contributed by atoms with Crippen LogP contribution in [0, 0.1) is 0 Å². The van der Waals surface area contributed by atoms with E-state index >= 15 is 0 Å². The third-order valence-electron chi connectivity index (χ3n) is 3.08. The smallest absolute Gasteiger partial charge is 0.131 e. The molecule has 0 aliphatic carbocycles. The van der Waals surface area contributed by atoms with Crippen LogP contribution in [0.25, 0.3) is 0 Å². The highest BCUT2D eigenvalue weighted by atomic mass is 16.5. The number of aromatic nitrogens is 2. The molecule has 19 heavy (non-hydrogen) atoms. The van der Waals surface area contributed by atoms with Crippen molar-refractivity contribution in [1.82, 2.24) is 14.9 Å². The summed E-state index contributed by atoms with van der Waals surface area (Å²) in [5.74, 6) is 1.70. The first kappa shape index (κ1) is 14.0. The van der Waals surface area contributed by atoms with Crippen molar-refractivity contribution in [2.24, 2.45) is 0 Å². The topological polar surface area (TPSA) is 62.3 Å². The highest BCUT2D eigenvalue weighted by Gasteiger charge is 2.17. The predicted molar refractivity (Wildman–Crippen MR) is 76.5 cm³/mol. The van der Waals surface area contributed by atoms with E-state index in [4.69, 9.17) is 4.74 Å². The van der Waals surface area contributed by atoms with Gasteiger partial charge in [0, 0.05) is 32.2 Å². The van der Waals surface area contributed by atoms with Gasteiger partial charge in [-0.15, -0.1) is 0 Å². The summed E-state index contributed by atoms with van der Waals surface area (Å²) in [6.45, 7) is 6.59. The Labute approximate surface area is 114 Å². The molecule has 106 valence electrons. The van der Waals surface area contributed by atoms with Crippen LogP contribution in [-0.4, -0.2) is 60.8 Å². The van der Waals surface area contributed by atoms with Gasteiger partial charge in [0.05, 0.1) is 12.7 Å². The quantitative estimate of drug-likeness (QED) is 0.801. The number of nitrogens with zero attached hydrogens (tertiary/aromatic N) is 3. The van der Waals surface area contributed by atoms with Gasteiger partial charge in [-0.05, 0) is 13.5 Å². The van der Waals surface area contributed by atoms with Gasteiger partial charge in [-0.2, -0.15) is 0 Å². The van der Waals surface area contributed by atoms with Crippen molar-refractivity contribution < 1.29 is 4.74 Å². The van der Waals surface area contributed by atoms with Crippen LogP contribution < -0.4 is 10.6 Å². The summed E-state index contributed by atoms with van der Waals surface area (Å²) in [6.07, 6.45) is 2.88. The van der Waals surface area contributed by atoms with E-state index in [2.05, 4.69) is 39.5 Å². The van der Waals surface area contributed by atoms with Crippen molar-refractivity contribution in [2.45, 2.75) is 19.4 Å². The molecule has 1 aromatic rings. The van der Waals surface area contributed by atoms with E-state index in [9.17, 15) is 0 Å². The van der Waals surface area contributed by atoms with E-state index in [0.29, 0.717) is 0 Å². The molecule has 2 N–H and O–H groups in total. The van der Waals surface area contributed by atoms with E-state index in [1.807, 2.05) is 6.07 Å².